The molecule has 0 radical (unpaired) electrons. The molecular weight excluding hydrogens is 1310 g/mol. The number of esters is 4. The number of hydrogen-bond acceptors (Lipinski definition) is 15. The predicted molar refractivity (Wildman–Crippen MR) is 409 cm³/mol. The number of aliphatic hydroxyl groups excluding tert-OH is 1. The number of unbranched alkanes of at least 4 members (excludes halogenated alkanes) is 43. The number of hydrogen-bond donors (Lipinski definition) is 3. The van der Waals surface area contributed by atoms with Crippen LogP contribution in [0.5, 0.6) is 0 Å². The van der Waals surface area contributed by atoms with Crippen LogP contribution in [0.4, 0.5) is 0 Å². The number of carbonyl (C=O) groups is 4. The van der Waals surface area contributed by atoms with Crippen LogP contribution >= 0.6 is 15.6 Å². The zero-order valence-corrected chi connectivity index (χ0v) is 67.6. The standard InChI is InChI=1S/C81H158O17P2/c1-9-74(8)60-52-44-36-28-20-16-13-14-17-21-29-37-45-53-61-78(83)91-67-76(97-80(85)63-55-47-39-30-22-18-12-10-11-15-19-25-33-41-49-57-71(2)3)69-95-99(87,88)93-65-75(82)66-94-100(89,90)96-70-77(98-81(86)64-56-48-40-32-24-27-35-43-51-59-73(6)7)68-92-79(84)62-54-46-38-31-23-26-34-42-50-58-72(4)5/h71-77,82H,9-70H2,1-8H3,(H,87,88)(H,89,90)/t74?,75-,76-,77-/m1/s1. The van der Waals surface area contributed by atoms with E-state index in [1.54, 1.807) is 0 Å². The molecule has 594 valence electrons. The van der Waals surface area contributed by atoms with Crippen LogP contribution in [0.3, 0.4) is 0 Å². The maximum Gasteiger partial charge on any atom is 0.472 e. The molecule has 0 aliphatic rings. The lowest BCUT2D eigenvalue weighted by Gasteiger charge is -2.21. The largest absolute Gasteiger partial charge is 0.472 e. The molecule has 0 bridgehead atoms. The van der Waals surface area contributed by atoms with Gasteiger partial charge in [0.1, 0.15) is 19.3 Å². The summed E-state index contributed by atoms with van der Waals surface area (Å²) in [5, 5.41) is 10.6. The Morgan fingerprint density at radius 3 is 0.710 bits per heavy atom. The molecule has 0 aromatic rings. The number of ether oxygens (including phenoxy) is 4. The first-order valence-electron chi connectivity index (χ1n) is 41.7. The highest BCUT2D eigenvalue weighted by Gasteiger charge is 2.30. The smallest absolute Gasteiger partial charge is 0.462 e. The van der Waals surface area contributed by atoms with Crippen LogP contribution in [0, 0.1) is 23.7 Å². The zero-order valence-electron chi connectivity index (χ0n) is 65.8. The Labute approximate surface area is 613 Å². The van der Waals surface area contributed by atoms with Gasteiger partial charge >= 0.3 is 39.5 Å². The van der Waals surface area contributed by atoms with Gasteiger partial charge in [-0.1, -0.05) is 364 Å². The number of aliphatic hydroxyl groups is 1. The fraction of sp³-hybridized carbons (Fsp3) is 0.951. The first kappa shape index (κ1) is 98.1. The number of phosphoric acid groups is 2. The van der Waals surface area contributed by atoms with E-state index in [1.807, 2.05) is 0 Å². The van der Waals surface area contributed by atoms with Crippen molar-refractivity contribution in [1.82, 2.24) is 0 Å². The van der Waals surface area contributed by atoms with Gasteiger partial charge in [-0.05, 0) is 49.4 Å². The van der Waals surface area contributed by atoms with E-state index in [1.165, 1.54) is 218 Å². The molecule has 0 aliphatic carbocycles. The molecule has 0 rings (SSSR count). The lowest BCUT2D eigenvalue weighted by molar-refractivity contribution is -0.161. The monoisotopic (exact) mass is 1470 g/mol. The van der Waals surface area contributed by atoms with Crippen LogP contribution in [0.2, 0.25) is 0 Å². The van der Waals surface area contributed by atoms with Crippen molar-refractivity contribution in [3.8, 4) is 0 Å². The van der Waals surface area contributed by atoms with Gasteiger partial charge in [-0.25, -0.2) is 9.13 Å². The van der Waals surface area contributed by atoms with Crippen molar-refractivity contribution in [1.29, 1.82) is 0 Å². The lowest BCUT2D eigenvalue weighted by Crippen LogP contribution is -2.30. The van der Waals surface area contributed by atoms with Crippen molar-refractivity contribution in [2.24, 2.45) is 23.7 Å². The number of phosphoric ester groups is 2. The average molecular weight is 1470 g/mol. The maximum absolute atomic E-state index is 13.1. The van der Waals surface area contributed by atoms with Crippen molar-refractivity contribution in [2.45, 2.75) is 433 Å². The molecular formula is C81H158O17P2. The van der Waals surface area contributed by atoms with Gasteiger partial charge in [-0.2, -0.15) is 0 Å². The Hall–Kier alpha value is -1.94. The third-order valence-electron chi connectivity index (χ3n) is 19.2. The number of carbonyl (C=O) groups excluding carboxylic acids is 4. The Bertz CT molecular complexity index is 1960. The number of rotatable bonds is 78. The van der Waals surface area contributed by atoms with Crippen LogP contribution in [0.1, 0.15) is 415 Å². The topological polar surface area (TPSA) is 237 Å². The third kappa shape index (κ3) is 73.0. The summed E-state index contributed by atoms with van der Waals surface area (Å²) in [6.07, 6.45) is 56.8. The molecule has 0 aromatic heterocycles. The van der Waals surface area contributed by atoms with E-state index in [-0.39, 0.29) is 25.7 Å². The molecule has 17 nitrogen and oxygen atoms in total. The van der Waals surface area contributed by atoms with Crippen LogP contribution in [-0.2, 0) is 65.4 Å². The summed E-state index contributed by atoms with van der Waals surface area (Å²) < 4.78 is 68.7. The maximum atomic E-state index is 13.1. The highest BCUT2D eigenvalue weighted by molar-refractivity contribution is 7.47. The molecule has 3 N–H and O–H groups in total. The van der Waals surface area contributed by atoms with E-state index in [0.717, 1.165) is 114 Å². The second-order valence-electron chi connectivity index (χ2n) is 30.8. The van der Waals surface area contributed by atoms with Crippen LogP contribution < -0.4 is 0 Å². The second-order valence-corrected chi connectivity index (χ2v) is 33.7. The van der Waals surface area contributed by atoms with Gasteiger partial charge in [0, 0.05) is 25.7 Å². The Kier molecular flexibility index (Phi) is 68.7. The molecule has 0 spiro atoms. The zero-order chi connectivity index (χ0) is 73.8. The van der Waals surface area contributed by atoms with Gasteiger partial charge in [0.15, 0.2) is 12.2 Å². The van der Waals surface area contributed by atoms with E-state index < -0.39 is 97.5 Å². The summed E-state index contributed by atoms with van der Waals surface area (Å²) in [6, 6.07) is 0. The molecule has 0 aromatic carbocycles. The minimum atomic E-state index is -4.96. The highest BCUT2D eigenvalue weighted by atomic mass is 31.2. The molecule has 3 unspecified atom stereocenters. The van der Waals surface area contributed by atoms with E-state index in [4.69, 9.17) is 37.0 Å². The predicted octanol–water partition coefficient (Wildman–Crippen LogP) is 24.0. The van der Waals surface area contributed by atoms with Crippen molar-refractivity contribution < 1.29 is 80.2 Å². The van der Waals surface area contributed by atoms with Crippen molar-refractivity contribution in [3.05, 3.63) is 0 Å². The summed E-state index contributed by atoms with van der Waals surface area (Å²) in [5.41, 5.74) is 0. The van der Waals surface area contributed by atoms with Crippen molar-refractivity contribution >= 4 is 39.5 Å². The fourth-order valence-electron chi connectivity index (χ4n) is 12.4. The first-order valence-corrected chi connectivity index (χ1v) is 44.7. The Morgan fingerprint density at radius 1 is 0.280 bits per heavy atom. The third-order valence-corrected chi connectivity index (χ3v) is 21.1. The Balaban J connectivity index is 5.25. The van der Waals surface area contributed by atoms with Gasteiger partial charge in [-0.15, -0.1) is 0 Å². The molecule has 0 amide bonds. The molecule has 6 atom stereocenters. The minimum absolute atomic E-state index is 0.105. The molecule has 0 aliphatic heterocycles. The summed E-state index contributed by atoms with van der Waals surface area (Å²) in [4.78, 5) is 73.0. The van der Waals surface area contributed by atoms with E-state index in [2.05, 4.69) is 55.4 Å². The molecule has 0 fully saturated rings. The van der Waals surface area contributed by atoms with Gasteiger partial charge < -0.3 is 33.8 Å². The van der Waals surface area contributed by atoms with E-state index in [0.29, 0.717) is 25.7 Å². The fourth-order valence-corrected chi connectivity index (χ4v) is 14.0. The SMILES string of the molecule is CCC(C)CCCCCCCCCCCCCCCCC(=O)OC[C@H](COP(=O)(O)OC[C@@H](O)COP(=O)(O)OC[C@@H](COC(=O)CCCCCCCCCCCC(C)C)OC(=O)CCCCCCCCCCCC(C)C)OC(=O)CCCCCCCCCCCCCCCCCC(C)C. The first-order chi connectivity index (χ1) is 48.1. The van der Waals surface area contributed by atoms with Gasteiger partial charge in [0.2, 0.25) is 0 Å². The summed E-state index contributed by atoms with van der Waals surface area (Å²) in [5.74, 6) is 1.02. The van der Waals surface area contributed by atoms with Crippen LogP contribution in [0.15, 0.2) is 0 Å². The summed E-state index contributed by atoms with van der Waals surface area (Å²) in [7, 11) is -9.92. The highest BCUT2D eigenvalue weighted by Crippen LogP contribution is 2.45. The van der Waals surface area contributed by atoms with Crippen LogP contribution in [0.25, 0.3) is 0 Å². The average Bonchev–Trinajstić information content (AvgIpc) is 0.919. The van der Waals surface area contributed by atoms with Crippen LogP contribution in [-0.4, -0.2) is 96.7 Å². The normalized spacial score (nSPS) is 14.3. The second kappa shape index (κ2) is 70.1. The summed E-state index contributed by atoms with van der Waals surface area (Å²) in [6.45, 7) is 14.3. The quantitative estimate of drug-likeness (QED) is 0.0222. The van der Waals surface area contributed by atoms with E-state index in [9.17, 15) is 43.2 Å². The van der Waals surface area contributed by atoms with E-state index >= 15 is 0 Å². The molecule has 0 saturated heterocycles. The Morgan fingerprint density at radius 2 is 0.480 bits per heavy atom. The lowest BCUT2D eigenvalue weighted by atomic mass is 9.99. The molecule has 100 heavy (non-hydrogen) atoms. The van der Waals surface area contributed by atoms with Gasteiger partial charge in [0.25, 0.3) is 0 Å². The summed E-state index contributed by atoms with van der Waals surface area (Å²) >= 11 is 0. The van der Waals surface area contributed by atoms with Crippen molar-refractivity contribution in [2.75, 3.05) is 39.6 Å². The van der Waals surface area contributed by atoms with Crippen molar-refractivity contribution in [3.63, 3.8) is 0 Å². The minimum Gasteiger partial charge on any atom is -0.462 e. The van der Waals surface area contributed by atoms with Gasteiger partial charge in [-0.3, -0.25) is 37.3 Å². The molecule has 0 saturated carbocycles. The van der Waals surface area contributed by atoms with Gasteiger partial charge in [0.05, 0.1) is 26.4 Å². The molecule has 19 heteroatoms. The molecule has 0 heterocycles.